The topological polar surface area (TPSA) is 101 Å². The number of morpholine rings is 1. The number of amides is 1. The molecule has 1 aromatic heterocycles. The van der Waals surface area contributed by atoms with Crippen LogP contribution in [0.4, 0.5) is 17.1 Å². The zero-order valence-electron chi connectivity index (χ0n) is 18.7. The number of hydrogen-bond donors (Lipinski definition) is 0. The van der Waals surface area contributed by atoms with E-state index in [0.717, 1.165) is 5.69 Å². The molecule has 35 heavy (non-hydrogen) atoms. The molecular weight excluding hydrogens is 468 g/mol. The molecule has 10 heteroatoms. The van der Waals surface area contributed by atoms with E-state index in [1.807, 2.05) is 35.2 Å². The summed E-state index contributed by atoms with van der Waals surface area (Å²) in [5.74, 6) is 0.396. The first-order chi connectivity index (χ1) is 17.1. The second-order valence-electron chi connectivity index (χ2n) is 7.92. The molecule has 0 unspecified atom stereocenters. The van der Waals surface area contributed by atoms with E-state index in [2.05, 4.69) is 4.99 Å². The third-order valence-electron chi connectivity index (χ3n) is 5.61. The largest absolute Gasteiger partial charge is 0.467 e. The monoisotopic (exact) mass is 490 g/mol. The fourth-order valence-corrected chi connectivity index (χ4v) is 4.90. The number of amidine groups is 1. The van der Waals surface area contributed by atoms with Crippen LogP contribution < -0.4 is 4.90 Å². The van der Waals surface area contributed by atoms with Crippen molar-refractivity contribution in [3.8, 4) is 0 Å². The molecule has 9 nitrogen and oxygen atoms in total. The molecule has 1 amide bonds. The van der Waals surface area contributed by atoms with Crippen molar-refractivity contribution in [1.29, 1.82) is 0 Å². The number of nitro benzene ring substituents is 1. The Morgan fingerprint density at radius 1 is 1.09 bits per heavy atom. The lowest BCUT2D eigenvalue weighted by Gasteiger charge is -2.28. The Balaban J connectivity index is 1.47. The molecule has 0 bridgehead atoms. The van der Waals surface area contributed by atoms with Crippen molar-refractivity contribution in [1.82, 2.24) is 4.90 Å². The highest BCUT2D eigenvalue weighted by molar-refractivity contribution is 8.18. The molecule has 0 radical (unpaired) electrons. The molecule has 0 saturated carbocycles. The van der Waals surface area contributed by atoms with Crippen LogP contribution in [-0.4, -0.2) is 47.2 Å². The van der Waals surface area contributed by atoms with Gasteiger partial charge in [0, 0.05) is 19.2 Å². The Morgan fingerprint density at radius 2 is 1.89 bits per heavy atom. The first-order valence-corrected chi connectivity index (χ1v) is 11.9. The van der Waals surface area contributed by atoms with Gasteiger partial charge in [0.25, 0.3) is 11.6 Å². The number of ether oxygens (including phenoxy) is 1. The number of furan rings is 1. The van der Waals surface area contributed by atoms with Crippen LogP contribution in [0.25, 0.3) is 6.08 Å². The molecule has 3 aromatic rings. The maximum absolute atomic E-state index is 13.3. The summed E-state index contributed by atoms with van der Waals surface area (Å²) >= 11 is 1.23. The number of carbonyl (C=O) groups is 1. The molecule has 2 aliphatic rings. The molecule has 2 aliphatic heterocycles. The summed E-state index contributed by atoms with van der Waals surface area (Å²) in [7, 11) is 0. The van der Waals surface area contributed by atoms with Gasteiger partial charge in [-0.3, -0.25) is 19.8 Å². The highest BCUT2D eigenvalue weighted by Crippen LogP contribution is 2.37. The first kappa shape index (κ1) is 22.9. The Hall–Kier alpha value is -3.89. The Kier molecular flexibility index (Phi) is 6.64. The molecule has 3 heterocycles. The van der Waals surface area contributed by atoms with Crippen molar-refractivity contribution in [3.63, 3.8) is 0 Å². The number of aliphatic imine (C=N–C) groups is 1. The lowest BCUT2D eigenvalue weighted by molar-refractivity contribution is -0.384. The molecule has 0 aliphatic carbocycles. The van der Waals surface area contributed by atoms with E-state index in [0.29, 0.717) is 53.4 Å². The third kappa shape index (κ3) is 5.13. The Morgan fingerprint density at radius 3 is 2.60 bits per heavy atom. The van der Waals surface area contributed by atoms with Crippen molar-refractivity contribution < 1.29 is 18.9 Å². The van der Waals surface area contributed by atoms with Crippen LogP contribution in [0.1, 0.15) is 11.3 Å². The van der Waals surface area contributed by atoms with Gasteiger partial charge in [-0.1, -0.05) is 24.3 Å². The van der Waals surface area contributed by atoms with Gasteiger partial charge in [0.15, 0.2) is 5.17 Å². The Bertz CT molecular complexity index is 1280. The number of anilines is 1. The number of para-hydroxylation sites is 1. The van der Waals surface area contributed by atoms with Crippen molar-refractivity contribution in [2.45, 2.75) is 6.54 Å². The smallest absolute Gasteiger partial charge is 0.293 e. The molecule has 2 aromatic carbocycles. The number of nitrogens with zero attached hydrogens (tertiary/aromatic N) is 4. The first-order valence-electron chi connectivity index (χ1n) is 11.1. The minimum atomic E-state index is -0.387. The summed E-state index contributed by atoms with van der Waals surface area (Å²) in [5, 5.41) is 12.3. The summed E-state index contributed by atoms with van der Waals surface area (Å²) in [4.78, 5) is 33.4. The van der Waals surface area contributed by atoms with Gasteiger partial charge in [-0.2, -0.15) is 0 Å². The number of nitro groups is 1. The highest BCUT2D eigenvalue weighted by atomic mass is 32.2. The van der Waals surface area contributed by atoms with E-state index in [9.17, 15) is 14.9 Å². The van der Waals surface area contributed by atoms with Gasteiger partial charge in [-0.15, -0.1) is 0 Å². The van der Waals surface area contributed by atoms with Gasteiger partial charge in [0.1, 0.15) is 11.4 Å². The molecule has 5 rings (SSSR count). The normalized spacial score (nSPS) is 18.6. The fraction of sp³-hybridized carbons (Fsp3) is 0.200. The zero-order chi connectivity index (χ0) is 24.2. The van der Waals surface area contributed by atoms with Gasteiger partial charge in [0.05, 0.1) is 41.5 Å². The summed E-state index contributed by atoms with van der Waals surface area (Å²) in [6, 6.07) is 18.0. The van der Waals surface area contributed by atoms with E-state index in [4.69, 9.17) is 9.15 Å². The maximum Gasteiger partial charge on any atom is 0.293 e. The van der Waals surface area contributed by atoms with Crippen molar-refractivity contribution in [2.24, 2.45) is 4.99 Å². The number of rotatable bonds is 6. The molecule has 178 valence electrons. The number of hydrogen-bond acceptors (Lipinski definition) is 8. The lowest BCUT2D eigenvalue weighted by atomic mass is 10.1. The van der Waals surface area contributed by atoms with Crippen molar-refractivity contribution in [2.75, 3.05) is 31.2 Å². The van der Waals surface area contributed by atoms with E-state index in [1.54, 1.807) is 41.5 Å². The molecular formula is C25H22N4O5S. The number of thioether (sulfide) groups is 1. The standard InChI is InChI=1S/C25H22N4O5S/c30-24-23(16-18-8-9-21(22(15-18)29(31)32)27-10-13-33-14-11-27)35-25(26-19-5-2-1-3-6-19)28(24)17-20-7-4-12-34-20/h1-9,12,15-16H,10-11,13-14,17H2/b23-16+,26-25?. The van der Waals surface area contributed by atoms with Crippen LogP contribution in [-0.2, 0) is 16.1 Å². The number of benzene rings is 2. The quantitative estimate of drug-likeness (QED) is 0.277. The predicted molar refractivity (Wildman–Crippen MR) is 134 cm³/mol. The molecule has 0 atom stereocenters. The average molecular weight is 491 g/mol. The van der Waals surface area contributed by atoms with E-state index in [1.165, 1.54) is 17.8 Å². The molecule has 2 saturated heterocycles. The van der Waals surface area contributed by atoms with Gasteiger partial charge in [-0.05, 0) is 53.7 Å². The summed E-state index contributed by atoms with van der Waals surface area (Å²) in [5.41, 5.74) is 1.85. The lowest BCUT2D eigenvalue weighted by Crippen LogP contribution is -2.36. The van der Waals surface area contributed by atoms with Crippen LogP contribution in [0.3, 0.4) is 0 Å². The van der Waals surface area contributed by atoms with Crippen LogP contribution in [0, 0.1) is 10.1 Å². The highest BCUT2D eigenvalue weighted by Gasteiger charge is 2.34. The summed E-state index contributed by atoms with van der Waals surface area (Å²) in [6.45, 7) is 2.48. The summed E-state index contributed by atoms with van der Waals surface area (Å²) < 4.78 is 10.8. The fourth-order valence-electron chi connectivity index (χ4n) is 3.90. The second-order valence-corrected chi connectivity index (χ2v) is 8.93. The van der Waals surface area contributed by atoms with Crippen LogP contribution in [0.15, 0.2) is 81.2 Å². The minimum absolute atomic E-state index is 0.00214. The van der Waals surface area contributed by atoms with E-state index >= 15 is 0 Å². The average Bonchev–Trinajstić information content (AvgIpc) is 3.49. The third-order valence-corrected chi connectivity index (χ3v) is 6.62. The van der Waals surface area contributed by atoms with E-state index < -0.39 is 0 Å². The van der Waals surface area contributed by atoms with Crippen LogP contribution in [0.2, 0.25) is 0 Å². The molecule has 0 spiro atoms. The maximum atomic E-state index is 13.3. The van der Waals surface area contributed by atoms with Gasteiger partial charge < -0.3 is 14.1 Å². The predicted octanol–water partition coefficient (Wildman–Crippen LogP) is 4.83. The van der Waals surface area contributed by atoms with Crippen molar-refractivity contribution >= 4 is 46.0 Å². The van der Waals surface area contributed by atoms with Gasteiger partial charge in [-0.25, -0.2) is 4.99 Å². The minimum Gasteiger partial charge on any atom is -0.467 e. The Labute approximate surface area is 205 Å². The van der Waals surface area contributed by atoms with Crippen LogP contribution >= 0.6 is 11.8 Å². The van der Waals surface area contributed by atoms with Crippen LogP contribution in [0.5, 0.6) is 0 Å². The van der Waals surface area contributed by atoms with Gasteiger partial charge >= 0.3 is 0 Å². The van der Waals surface area contributed by atoms with Gasteiger partial charge in [0.2, 0.25) is 0 Å². The molecule has 0 N–H and O–H groups in total. The molecule has 2 fully saturated rings. The number of carbonyl (C=O) groups excluding carboxylic acids is 1. The van der Waals surface area contributed by atoms with Crippen molar-refractivity contribution in [3.05, 3.63) is 93.3 Å². The SMILES string of the molecule is O=C1/C(=C\c2ccc(N3CCOCC3)c([N+](=O)[O-])c2)SC(=Nc2ccccc2)N1Cc1ccco1. The second kappa shape index (κ2) is 10.2. The van der Waals surface area contributed by atoms with E-state index in [-0.39, 0.29) is 23.1 Å². The zero-order valence-corrected chi connectivity index (χ0v) is 19.5. The summed E-state index contributed by atoms with van der Waals surface area (Å²) in [6.07, 6.45) is 3.23.